The van der Waals surface area contributed by atoms with Crippen LogP contribution in [0.15, 0.2) is 141 Å². The van der Waals surface area contributed by atoms with Gasteiger partial charge in [-0.2, -0.15) is 0 Å². The lowest BCUT2D eigenvalue weighted by molar-refractivity contribution is 0.396. The Balaban J connectivity index is 1.78. The summed E-state index contributed by atoms with van der Waals surface area (Å²) in [5.41, 5.74) is 15.3. The Bertz CT molecular complexity index is 2970. The summed E-state index contributed by atoms with van der Waals surface area (Å²) >= 11 is 0. The number of anilines is 2. The van der Waals surface area contributed by atoms with Crippen molar-refractivity contribution in [3.8, 4) is 11.1 Å². The molecule has 0 amide bonds. The molecule has 0 unspecified atom stereocenters. The fraction of sp³-hybridized carbons (Fsp3) is 0.460. The molecule has 67 heavy (non-hydrogen) atoms. The van der Waals surface area contributed by atoms with Gasteiger partial charge in [0, 0.05) is 40.3 Å². The fourth-order valence-corrected chi connectivity index (χ4v) is 9.42. The molecule has 4 heteroatoms. The SMILES string of the molecule is [2H]c1c([2H])c([2H])c(-c2cc(C(C)(C)C)ccc2NCC2=C(C=C(C)C)N(c3ccc(C(C)(C)C)c(C(C)(C)C)c3)C(C)=C(/C=C(\CC(C)C)C(C)(C)CC)B2c2cc3cc(C(C)(C)C)ccc3o2)c([2H])c1[2H]. The van der Waals surface area contributed by atoms with Crippen molar-refractivity contribution in [3.05, 3.63) is 159 Å². The summed E-state index contributed by atoms with van der Waals surface area (Å²) < 4.78 is 51.5. The second kappa shape index (κ2) is 19.2. The van der Waals surface area contributed by atoms with Crippen LogP contribution < -0.4 is 15.9 Å². The number of allylic oxidation sites excluding steroid dienone is 6. The van der Waals surface area contributed by atoms with Gasteiger partial charge >= 0.3 is 0 Å². The summed E-state index contributed by atoms with van der Waals surface area (Å²) in [6.07, 6.45) is 6.74. The molecule has 0 aliphatic carbocycles. The minimum Gasteiger partial charge on any atom is -0.470 e. The minimum atomic E-state index is -0.409. The Kier molecular flexibility index (Phi) is 12.8. The van der Waals surface area contributed by atoms with Gasteiger partial charge in [0.15, 0.2) is 0 Å². The third-order valence-corrected chi connectivity index (χ3v) is 13.8. The first kappa shape index (κ1) is 44.5. The molecule has 0 bridgehead atoms. The van der Waals surface area contributed by atoms with E-state index in [1.54, 1.807) is 0 Å². The number of rotatable bonds is 12. The Morgan fingerprint density at radius 1 is 0.731 bits per heavy atom. The lowest BCUT2D eigenvalue weighted by Gasteiger charge is -2.40. The second-order valence-corrected chi connectivity index (χ2v) is 24.7. The first-order chi connectivity index (χ1) is 33.1. The molecule has 1 aliphatic heterocycles. The average molecular weight is 902 g/mol. The Morgan fingerprint density at radius 3 is 1.91 bits per heavy atom. The van der Waals surface area contributed by atoms with E-state index in [9.17, 15) is 2.74 Å². The van der Waals surface area contributed by atoms with E-state index < -0.39 is 6.04 Å². The molecule has 3 nitrogen and oxygen atoms in total. The van der Waals surface area contributed by atoms with E-state index in [0.29, 0.717) is 23.7 Å². The van der Waals surface area contributed by atoms with Crippen LogP contribution in [0.5, 0.6) is 0 Å². The maximum absolute atomic E-state index is 9.20. The monoisotopic (exact) mass is 902 g/mol. The van der Waals surface area contributed by atoms with Gasteiger partial charge in [-0.05, 0) is 154 Å². The Hall–Kier alpha value is -4.96. The molecule has 5 aromatic rings. The van der Waals surface area contributed by atoms with Gasteiger partial charge in [0.25, 0.3) is 6.71 Å². The Labute approximate surface area is 415 Å². The standard InChI is InChI=1S/C63H85BN2O/c1-21-63(19,20)48(33-41(2)3)38-53-43(6)66(49-29-30-51(61(13,14)15)52(39-49)62(16,17)18)56(34-42(4)5)54(64(53)58-36-45-35-46(59(7,8)9)28-32-57(45)67-58)40-65-55-31-27-47(60(10,11)12)37-50(55)44-25-23-22-24-26-44/h22-32,34-39,41,65H,21,33,40H2,1-20H3/b48-38+/i22D,23D,24D,25D,26D. The summed E-state index contributed by atoms with van der Waals surface area (Å²) in [7, 11) is 0. The quantitative estimate of drug-likeness (QED) is 0.126. The van der Waals surface area contributed by atoms with Gasteiger partial charge in [-0.25, -0.2) is 0 Å². The molecular weight excluding hydrogens is 812 g/mol. The number of nitrogens with one attached hydrogen (secondary N) is 1. The number of hydrogen-bond acceptors (Lipinski definition) is 3. The molecule has 356 valence electrons. The lowest BCUT2D eigenvalue weighted by Crippen LogP contribution is -2.45. The van der Waals surface area contributed by atoms with Crippen molar-refractivity contribution in [3.63, 3.8) is 0 Å². The molecule has 0 saturated carbocycles. The van der Waals surface area contributed by atoms with Crippen molar-refractivity contribution < 1.29 is 11.3 Å². The maximum atomic E-state index is 9.20. The summed E-state index contributed by atoms with van der Waals surface area (Å²) in [5.74, 6) is 0.427. The summed E-state index contributed by atoms with van der Waals surface area (Å²) in [4.78, 5) is 2.47. The molecule has 1 N–H and O–H groups in total. The summed E-state index contributed by atoms with van der Waals surface area (Å²) in [5, 5.41) is 4.96. The molecule has 2 heterocycles. The summed E-state index contributed by atoms with van der Waals surface area (Å²) in [6.45, 7) is 45.2. The van der Waals surface area contributed by atoms with E-state index in [0.717, 1.165) is 68.6 Å². The van der Waals surface area contributed by atoms with Gasteiger partial charge in [-0.1, -0.05) is 183 Å². The van der Waals surface area contributed by atoms with Crippen LogP contribution >= 0.6 is 0 Å². The number of furan rings is 1. The van der Waals surface area contributed by atoms with E-state index in [1.165, 1.54) is 22.3 Å². The van der Waals surface area contributed by atoms with Crippen molar-refractivity contribution in [1.82, 2.24) is 0 Å². The van der Waals surface area contributed by atoms with Gasteiger partial charge in [0.05, 0.1) is 12.5 Å². The highest BCUT2D eigenvalue weighted by Crippen LogP contribution is 2.44. The van der Waals surface area contributed by atoms with Gasteiger partial charge in [0.1, 0.15) is 5.58 Å². The van der Waals surface area contributed by atoms with Crippen molar-refractivity contribution in [2.75, 3.05) is 16.8 Å². The van der Waals surface area contributed by atoms with Crippen molar-refractivity contribution in [1.29, 1.82) is 0 Å². The zero-order valence-electron chi connectivity index (χ0n) is 50.1. The highest BCUT2D eigenvalue weighted by Gasteiger charge is 2.40. The van der Waals surface area contributed by atoms with E-state index in [1.807, 2.05) is 12.1 Å². The molecule has 0 fully saturated rings. The van der Waals surface area contributed by atoms with E-state index in [-0.39, 0.29) is 63.5 Å². The number of benzene rings is 4. The van der Waals surface area contributed by atoms with Crippen LogP contribution in [0.25, 0.3) is 22.1 Å². The van der Waals surface area contributed by atoms with Crippen LogP contribution in [0.4, 0.5) is 11.4 Å². The van der Waals surface area contributed by atoms with Crippen LogP contribution in [-0.4, -0.2) is 13.3 Å². The number of fused-ring (bicyclic) bond motifs is 1. The van der Waals surface area contributed by atoms with Crippen LogP contribution in [0.2, 0.25) is 0 Å². The largest absolute Gasteiger partial charge is 0.470 e. The van der Waals surface area contributed by atoms with Crippen LogP contribution in [-0.2, 0) is 21.7 Å². The Morgan fingerprint density at radius 2 is 1.34 bits per heavy atom. The van der Waals surface area contributed by atoms with Gasteiger partial charge < -0.3 is 14.6 Å². The molecule has 0 atom stereocenters. The topological polar surface area (TPSA) is 28.4 Å². The minimum absolute atomic E-state index is 0.0562. The zero-order chi connectivity index (χ0) is 54.0. The van der Waals surface area contributed by atoms with Crippen molar-refractivity contribution in [2.45, 2.75) is 173 Å². The number of nitrogens with zero attached hydrogens (tertiary/aromatic N) is 1. The zero-order valence-corrected chi connectivity index (χ0v) is 45.1. The predicted molar refractivity (Wildman–Crippen MR) is 296 cm³/mol. The van der Waals surface area contributed by atoms with Crippen LogP contribution in [0, 0.1) is 11.3 Å². The van der Waals surface area contributed by atoms with Crippen LogP contribution in [0.3, 0.4) is 0 Å². The maximum Gasteiger partial charge on any atom is 0.289 e. The van der Waals surface area contributed by atoms with Gasteiger partial charge in [-0.3, -0.25) is 0 Å². The van der Waals surface area contributed by atoms with E-state index >= 15 is 0 Å². The fourth-order valence-electron chi connectivity index (χ4n) is 9.42. The third-order valence-electron chi connectivity index (χ3n) is 13.8. The van der Waals surface area contributed by atoms with Gasteiger partial charge in [-0.15, -0.1) is 0 Å². The summed E-state index contributed by atoms with van der Waals surface area (Å²) in [6, 6.07) is 20.4. The van der Waals surface area contributed by atoms with Gasteiger partial charge in [0.2, 0.25) is 0 Å². The first-order valence-electron chi connectivity index (χ1n) is 27.3. The molecular formula is C63H85BN2O. The highest BCUT2D eigenvalue weighted by atomic mass is 16.3. The van der Waals surface area contributed by atoms with E-state index in [2.05, 4.69) is 209 Å². The molecule has 1 aromatic heterocycles. The lowest BCUT2D eigenvalue weighted by atomic mass is 9.35. The molecule has 0 saturated heterocycles. The normalized spacial score (nSPS) is 15.8. The molecule has 0 radical (unpaired) electrons. The van der Waals surface area contributed by atoms with Crippen molar-refractivity contribution >= 4 is 34.7 Å². The molecule has 0 spiro atoms. The predicted octanol–water partition coefficient (Wildman–Crippen LogP) is 17.6. The molecule has 1 aliphatic rings. The average Bonchev–Trinajstić information content (AvgIpc) is 3.69. The van der Waals surface area contributed by atoms with E-state index in [4.69, 9.17) is 8.53 Å². The van der Waals surface area contributed by atoms with Crippen molar-refractivity contribution in [2.24, 2.45) is 11.3 Å². The first-order valence-corrected chi connectivity index (χ1v) is 24.8. The molecule has 6 rings (SSSR count). The number of hydrogen-bond donors (Lipinski definition) is 1. The smallest absolute Gasteiger partial charge is 0.289 e. The third kappa shape index (κ3) is 11.5. The van der Waals surface area contributed by atoms with Crippen LogP contribution in [0.1, 0.15) is 180 Å². The molecule has 4 aromatic carbocycles. The second-order valence-electron chi connectivity index (χ2n) is 24.7. The highest BCUT2D eigenvalue weighted by molar-refractivity contribution is 6.86.